The van der Waals surface area contributed by atoms with Crippen LogP contribution in [0.2, 0.25) is 0 Å². The van der Waals surface area contributed by atoms with Gasteiger partial charge >= 0.3 is 17.9 Å². The van der Waals surface area contributed by atoms with E-state index >= 15 is 0 Å². The number of methoxy groups -OCH3 is 2. The highest BCUT2D eigenvalue weighted by Crippen LogP contribution is 2.70. The van der Waals surface area contributed by atoms with Gasteiger partial charge < -0.3 is 19.5 Å². The molecule has 0 radical (unpaired) electrons. The first-order valence-corrected chi connectivity index (χ1v) is 12.7. The Morgan fingerprint density at radius 2 is 1.67 bits per heavy atom. The van der Waals surface area contributed by atoms with E-state index < -0.39 is 45.8 Å². The molecular formula is C28H35NO7. The molecule has 1 aliphatic heterocycles. The molecule has 0 amide bonds. The monoisotopic (exact) mass is 497 g/mol. The summed E-state index contributed by atoms with van der Waals surface area (Å²) < 4.78 is 16.1. The van der Waals surface area contributed by atoms with Crippen LogP contribution in [0, 0.1) is 22.7 Å². The van der Waals surface area contributed by atoms with Gasteiger partial charge in [-0.15, -0.1) is 0 Å². The Balaban J connectivity index is 1.67. The van der Waals surface area contributed by atoms with Crippen molar-refractivity contribution in [3.63, 3.8) is 0 Å². The molecule has 4 aliphatic rings. The molecule has 3 unspecified atom stereocenters. The van der Waals surface area contributed by atoms with E-state index in [2.05, 4.69) is 18.3 Å². The van der Waals surface area contributed by atoms with Gasteiger partial charge in [0.15, 0.2) is 11.3 Å². The quantitative estimate of drug-likeness (QED) is 0.384. The van der Waals surface area contributed by atoms with Crippen LogP contribution >= 0.6 is 0 Å². The Morgan fingerprint density at radius 1 is 0.972 bits per heavy atom. The van der Waals surface area contributed by atoms with E-state index in [1.54, 1.807) is 0 Å². The zero-order valence-electron chi connectivity index (χ0n) is 21.6. The van der Waals surface area contributed by atoms with Crippen LogP contribution in [-0.2, 0) is 38.8 Å². The van der Waals surface area contributed by atoms with Crippen molar-refractivity contribution in [2.75, 3.05) is 19.5 Å². The summed E-state index contributed by atoms with van der Waals surface area (Å²) in [6.07, 6.45) is 2.52. The first-order valence-electron chi connectivity index (χ1n) is 12.7. The van der Waals surface area contributed by atoms with Gasteiger partial charge in [0.2, 0.25) is 0 Å². The van der Waals surface area contributed by atoms with Gasteiger partial charge in [0.05, 0.1) is 14.2 Å². The molecule has 5 rings (SSSR count). The largest absolute Gasteiger partial charge is 0.468 e. The number of benzene rings is 1. The minimum atomic E-state index is -1.41. The Hall–Kier alpha value is -2.90. The molecule has 7 atom stereocenters. The molecule has 1 heterocycles. The first kappa shape index (κ1) is 24.8. The maximum absolute atomic E-state index is 13.8. The summed E-state index contributed by atoms with van der Waals surface area (Å²) in [4.78, 5) is 52.3. The maximum Gasteiger partial charge on any atom is 0.339 e. The van der Waals surface area contributed by atoms with E-state index in [0.29, 0.717) is 32.1 Å². The fourth-order valence-corrected chi connectivity index (χ4v) is 8.73. The van der Waals surface area contributed by atoms with Gasteiger partial charge in [-0.2, -0.15) is 0 Å². The molecular weight excluding hydrogens is 462 g/mol. The van der Waals surface area contributed by atoms with E-state index in [1.807, 2.05) is 25.1 Å². The van der Waals surface area contributed by atoms with Crippen LogP contribution in [0.5, 0.6) is 0 Å². The molecule has 0 saturated heterocycles. The number of ether oxygens (including phenoxy) is 3. The molecule has 0 aromatic heterocycles. The maximum atomic E-state index is 13.8. The second-order valence-electron chi connectivity index (χ2n) is 11.6. The van der Waals surface area contributed by atoms with Crippen molar-refractivity contribution in [1.29, 1.82) is 0 Å². The number of carbonyl (C=O) groups excluding carboxylic acids is 4. The molecule has 1 N–H and O–H groups in total. The van der Waals surface area contributed by atoms with E-state index in [-0.39, 0.29) is 24.0 Å². The highest BCUT2D eigenvalue weighted by molar-refractivity contribution is 6.13. The van der Waals surface area contributed by atoms with E-state index in [1.165, 1.54) is 21.1 Å². The summed E-state index contributed by atoms with van der Waals surface area (Å²) >= 11 is 0. The van der Waals surface area contributed by atoms with Crippen molar-refractivity contribution in [3.8, 4) is 0 Å². The Bertz CT molecular complexity index is 1150. The number of hydrogen-bond acceptors (Lipinski definition) is 8. The second-order valence-corrected chi connectivity index (χ2v) is 11.6. The Morgan fingerprint density at radius 3 is 2.33 bits per heavy atom. The summed E-state index contributed by atoms with van der Waals surface area (Å²) in [6.45, 7) is 5.39. The van der Waals surface area contributed by atoms with Crippen molar-refractivity contribution in [2.24, 2.45) is 22.7 Å². The van der Waals surface area contributed by atoms with E-state index in [9.17, 15) is 19.2 Å². The number of nitrogens with one attached hydrogen (secondary N) is 1. The highest BCUT2D eigenvalue weighted by atomic mass is 16.6. The number of ketones is 1. The third-order valence-electron chi connectivity index (χ3n) is 10.2. The SMILES string of the molecule is COC(=O)C1(C)C2CCC34C[C@@](C(=O)OC)(Nc5ccccc53)C(=O)C[C@@H]4[C@@]2(C)CC[C@@H]1OC(C)=O. The van der Waals surface area contributed by atoms with Crippen molar-refractivity contribution >= 4 is 29.4 Å². The number of carbonyl (C=O) groups is 4. The smallest absolute Gasteiger partial charge is 0.339 e. The minimum absolute atomic E-state index is 0.0976. The summed E-state index contributed by atoms with van der Waals surface area (Å²) in [5.74, 6) is -1.80. The average Bonchev–Trinajstić information content (AvgIpc) is 2.86. The number of rotatable bonds is 3. The van der Waals surface area contributed by atoms with Crippen molar-refractivity contribution in [3.05, 3.63) is 29.8 Å². The fourth-order valence-electron chi connectivity index (χ4n) is 8.73. The average molecular weight is 498 g/mol. The van der Waals surface area contributed by atoms with Gasteiger partial charge in [0.25, 0.3) is 0 Å². The van der Waals surface area contributed by atoms with Crippen LogP contribution in [0.4, 0.5) is 5.69 Å². The zero-order valence-corrected chi connectivity index (χ0v) is 21.6. The van der Waals surface area contributed by atoms with Crippen LogP contribution in [-0.4, -0.2) is 49.6 Å². The molecule has 8 nitrogen and oxygen atoms in total. The van der Waals surface area contributed by atoms with Gasteiger partial charge in [-0.05, 0) is 67.9 Å². The molecule has 2 bridgehead atoms. The molecule has 3 saturated carbocycles. The van der Waals surface area contributed by atoms with Crippen LogP contribution in [0.1, 0.15) is 64.9 Å². The van der Waals surface area contributed by atoms with Gasteiger partial charge in [-0.25, -0.2) is 4.79 Å². The summed E-state index contributed by atoms with van der Waals surface area (Å²) in [5.41, 5.74) is -1.40. The van der Waals surface area contributed by atoms with Gasteiger partial charge in [0.1, 0.15) is 11.5 Å². The number of para-hydroxylation sites is 1. The van der Waals surface area contributed by atoms with E-state index in [4.69, 9.17) is 14.2 Å². The molecule has 3 fully saturated rings. The van der Waals surface area contributed by atoms with Crippen LogP contribution in [0.15, 0.2) is 24.3 Å². The van der Waals surface area contributed by atoms with Crippen molar-refractivity contribution < 1.29 is 33.4 Å². The lowest BCUT2D eigenvalue weighted by molar-refractivity contribution is -0.210. The number of esters is 3. The predicted molar refractivity (Wildman–Crippen MR) is 130 cm³/mol. The highest BCUT2D eigenvalue weighted by Gasteiger charge is 2.72. The van der Waals surface area contributed by atoms with Gasteiger partial charge in [0, 0.05) is 24.4 Å². The lowest BCUT2D eigenvalue weighted by Crippen LogP contribution is -2.71. The van der Waals surface area contributed by atoms with Crippen LogP contribution < -0.4 is 5.32 Å². The first-order chi connectivity index (χ1) is 17.0. The molecule has 1 aromatic carbocycles. The summed E-state index contributed by atoms with van der Waals surface area (Å²) in [7, 11) is 2.69. The number of anilines is 1. The Labute approximate surface area is 211 Å². The summed E-state index contributed by atoms with van der Waals surface area (Å²) in [5, 5.41) is 3.27. The number of Topliss-reactive ketones (excluding diaryl/α,β-unsaturated/α-hetero) is 1. The molecule has 1 spiro atoms. The summed E-state index contributed by atoms with van der Waals surface area (Å²) in [6, 6.07) is 7.92. The number of hydrogen-bond donors (Lipinski definition) is 1. The molecule has 1 aromatic rings. The predicted octanol–water partition coefficient (Wildman–Crippen LogP) is 3.56. The molecule has 36 heavy (non-hydrogen) atoms. The molecule has 8 heteroatoms. The topological polar surface area (TPSA) is 108 Å². The lowest BCUT2D eigenvalue weighted by Gasteiger charge is -2.67. The fraction of sp³-hybridized carbons (Fsp3) is 0.643. The second kappa shape index (κ2) is 8.05. The Kier molecular flexibility index (Phi) is 5.54. The third kappa shape index (κ3) is 2.99. The van der Waals surface area contributed by atoms with Gasteiger partial charge in [-0.3, -0.25) is 14.4 Å². The van der Waals surface area contributed by atoms with Gasteiger partial charge in [-0.1, -0.05) is 25.1 Å². The van der Waals surface area contributed by atoms with Crippen molar-refractivity contribution in [1.82, 2.24) is 0 Å². The minimum Gasteiger partial charge on any atom is -0.468 e. The number of fused-ring (bicyclic) bond motifs is 4. The van der Waals surface area contributed by atoms with E-state index in [0.717, 1.165) is 11.3 Å². The van der Waals surface area contributed by atoms with Crippen LogP contribution in [0.25, 0.3) is 0 Å². The third-order valence-corrected chi connectivity index (χ3v) is 10.2. The normalized spacial score (nSPS) is 40.5. The van der Waals surface area contributed by atoms with Crippen LogP contribution in [0.3, 0.4) is 0 Å². The van der Waals surface area contributed by atoms with Crippen molar-refractivity contribution in [2.45, 2.75) is 76.4 Å². The zero-order chi connectivity index (χ0) is 26.1. The standard InChI is InChI=1S/C28H35NO7/c1-16(30)36-22-11-12-25(2)19(26(22,3)23(32)34-4)10-13-27-15-28(24(33)35-5,21(31)14-20(25)27)29-18-9-7-6-8-17(18)27/h6-9,19-20,22,29H,10-15H2,1-5H3/t19?,20-,22+,25+,26?,27?,28-/m1/s1. The lowest BCUT2D eigenvalue weighted by atomic mass is 9.37. The molecule has 194 valence electrons. The molecule has 3 aliphatic carbocycles.